The van der Waals surface area contributed by atoms with E-state index in [9.17, 15) is 13.2 Å². The van der Waals surface area contributed by atoms with Crippen molar-refractivity contribution in [2.24, 2.45) is 12.8 Å². The molecule has 1 amide bonds. The van der Waals surface area contributed by atoms with Crippen LogP contribution in [0.4, 0.5) is 5.69 Å². The Kier molecular flexibility index (Phi) is 6.91. The number of nitrogens with two attached hydrogens (primary N) is 1. The Bertz CT molecular complexity index is 820. The lowest BCUT2D eigenvalue weighted by atomic mass is 10.2. The summed E-state index contributed by atoms with van der Waals surface area (Å²) in [6, 6.07) is 6.01. The molecule has 0 aliphatic carbocycles. The normalized spacial score (nSPS) is 11.0. The molecule has 8 nitrogen and oxygen atoms in total. The third-order valence-corrected chi connectivity index (χ3v) is 4.78. The Morgan fingerprint density at radius 1 is 1.38 bits per heavy atom. The van der Waals surface area contributed by atoms with Gasteiger partial charge in [0.25, 0.3) is 5.91 Å². The number of amides is 1. The number of aromatic nitrogens is 2. The van der Waals surface area contributed by atoms with Crippen LogP contribution in [0.3, 0.4) is 0 Å². The molecule has 0 spiro atoms. The Labute approximate surface area is 146 Å². The first kappa shape index (κ1) is 20.1. The van der Waals surface area contributed by atoms with Gasteiger partial charge in [-0.1, -0.05) is 6.07 Å². The maximum atomic E-state index is 12.2. The molecular weight excluding hydrogens is 354 g/mol. The summed E-state index contributed by atoms with van der Waals surface area (Å²) in [4.78, 5) is 12.3. The lowest BCUT2D eigenvalue weighted by molar-refractivity contribution is 0.102. The molecule has 0 fully saturated rings. The summed E-state index contributed by atoms with van der Waals surface area (Å²) >= 11 is 0. The molecule has 1 aromatic heterocycles. The van der Waals surface area contributed by atoms with Crippen LogP contribution in [0.25, 0.3) is 0 Å². The number of aryl methyl sites for hydroxylation is 1. The zero-order valence-electron chi connectivity index (χ0n) is 13.3. The van der Waals surface area contributed by atoms with E-state index in [1.54, 1.807) is 30.8 Å². The summed E-state index contributed by atoms with van der Waals surface area (Å²) in [6.45, 7) is 2.13. The summed E-state index contributed by atoms with van der Waals surface area (Å²) in [5.74, 6) is -0.347. The Morgan fingerprint density at radius 3 is 2.67 bits per heavy atom. The molecule has 1 heterocycles. The predicted molar refractivity (Wildman–Crippen MR) is 93.8 cm³/mol. The maximum absolute atomic E-state index is 12.2. The zero-order valence-corrected chi connectivity index (χ0v) is 14.9. The summed E-state index contributed by atoms with van der Waals surface area (Å²) in [7, 11) is -1.91. The third kappa shape index (κ3) is 4.54. The average Bonchev–Trinajstić information content (AvgIpc) is 2.85. The number of carbonyl (C=O) groups excluding carboxylic acids is 1. The number of sulfonamides is 1. The highest BCUT2D eigenvalue weighted by Crippen LogP contribution is 2.17. The molecular formula is C14H20ClN5O3S. The van der Waals surface area contributed by atoms with Crippen LogP contribution in [0, 0.1) is 6.92 Å². The van der Waals surface area contributed by atoms with E-state index < -0.39 is 10.0 Å². The molecule has 4 N–H and O–H groups in total. The lowest BCUT2D eigenvalue weighted by Crippen LogP contribution is -2.29. The van der Waals surface area contributed by atoms with Gasteiger partial charge in [-0.05, 0) is 25.1 Å². The van der Waals surface area contributed by atoms with Crippen molar-refractivity contribution in [1.29, 1.82) is 0 Å². The van der Waals surface area contributed by atoms with E-state index in [0.29, 0.717) is 11.3 Å². The number of benzene rings is 1. The fraction of sp³-hybridized carbons (Fsp3) is 0.286. The van der Waals surface area contributed by atoms with Crippen LogP contribution in [0.1, 0.15) is 16.1 Å². The minimum Gasteiger partial charge on any atom is -0.329 e. The molecule has 0 saturated carbocycles. The van der Waals surface area contributed by atoms with Crippen molar-refractivity contribution in [2.45, 2.75) is 11.8 Å². The Balaban J connectivity index is 0.00000288. The molecule has 0 bridgehead atoms. The monoisotopic (exact) mass is 373 g/mol. The molecule has 0 unspecified atom stereocenters. The number of nitrogens with zero attached hydrogens (tertiary/aromatic N) is 2. The number of halogens is 1. The van der Waals surface area contributed by atoms with Crippen LogP contribution in [-0.2, 0) is 17.1 Å². The summed E-state index contributed by atoms with van der Waals surface area (Å²) in [5.41, 5.74) is 6.83. The Hall–Kier alpha value is -1.94. The summed E-state index contributed by atoms with van der Waals surface area (Å²) in [5, 5.41) is 6.68. The van der Waals surface area contributed by atoms with E-state index in [0.717, 1.165) is 5.69 Å². The quantitative estimate of drug-likeness (QED) is 0.686. The lowest BCUT2D eigenvalue weighted by Gasteiger charge is -2.09. The van der Waals surface area contributed by atoms with E-state index >= 15 is 0 Å². The number of nitrogens with one attached hydrogen (secondary N) is 2. The predicted octanol–water partition coefficient (Wildman–Crippen LogP) is 0.640. The van der Waals surface area contributed by atoms with Crippen LogP contribution in [0.15, 0.2) is 35.4 Å². The van der Waals surface area contributed by atoms with Gasteiger partial charge in [-0.25, -0.2) is 13.1 Å². The largest absolute Gasteiger partial charge is 0.329 e. The fourth-order valence-electron chi connectivity index (χ4n) is 1.94. The summed E-state index contributed by atoms with van der Waals surface area (Å²) in [6.07, 6.45) is 1.47. The first-order valence-corrected chi connectivity index (χ1v) is 8.43. The highest BCUT2D eigenvalue weighted by atomic mass is 35.5. The minimum absolute atomic E-state index is 0. The molecule has 2 rings (SSSR count). The van der Waals surface area contributed by atoms with Crippen molar-refractivity contribution < 1.29 is 13.2 Å². The minimum atomic E-state index is -3.65. The number of hydrogen-bond acceptors (Lipinski definition) is 5. The number of hydrogen-bond donors (Lipinski definition) is 3. The maximum Gasteiger partial charge on any atom is 0.259 e. The second kappa shape index (κ2) is 8.25. The van der Waals surface area contributed by atoms with Gasteiger partial charge in [0.05, 0.1) is 16.7 Å². The van der Waals surface area contributed by atoms with Gasteiger partial charge in [0.2, 0.25) is 10.0 Å². The van der Waals surface area contributed by atoms with Crippen molar-refractivity contribution in [3.63, 3.8) is 0 Å². The first-order chi connectivity index (χ1) is 10.8. The van der Waals surface area contributed by atoms with Crippen LogP contribution in [0.5, 0.6) is 0 Å². The van der Waals surface area contributed by atoms with Crippen LogP contribution in [-0.4, -0.2) is 37.2 Å². The zero-order chi connectivity index (χ0) is 17.0. The van der Waals surface area contributed by atoms with E-state index in [-0.39, 0.29) is 36.3 Å². The van der Waals surface area contributed by atoms with Crippen molar-refractivity contribution >= 4 is 34.0 Å². The molecule has 0 aliphatic heterocycles. The average molecular weight is 374 g/mol. The Morgan fingerprint density at radius 2 is 2.08 bits per heavy atom. The van der Waals surface area contributed by atoms with Gasteiger partial charge < -0.3 is 11.1 Å². The highest BCUT2D eigenvalue weighted by molar-refractivity contribution is 7.89. The number of anilines is 1. The van der Waals surface area contributed by atoms with E-state index in [1.165, 1.54) is 18.3 Å². The SMILES string of the molecule is Cc1c(C(=O)Nc2cccc(S(=O)(=O)NCCN)c2)cnn1C.Cl. The second-order valence-electron chi connectivity index (χ2n) is 4.94. The second-order valence-corrected chi connectivity index (χ2v) is 6.70. The van der Waals surface area contributed by atoms with Crippen molar-refractivity contribution in [3.05, 3.63) is 41.7 Å². The van der Waals surface area contributed by atoms with Crippen LogP contribution < -0.4 is 15.8 Å². The number of rotatable bonds is 6. The molecule has 0 radical (unpaired) electrons. The van der Waals surface area contributed by atoms with E-state index in [1.807, 2.05) is 0 Å². The van der Waals surface area contributed by atoms with Crippen molar-refractivity contribution in [2.75, 3.05) is 18.4 Å². The third-order valence-electron chi connectivity index (χ3n) is 3.32. The molecule has 132 valence electrons. The molecule has 10 heteroatoms. The van der Waals surface area contributed by atoms with Crippen LogP contribution >= 0.6 is 12.4 Å². The van der Waals surface area contributed by atoms with Gasteiger partial charge in [0, 0.05) is 31.5 Å². The smallest absolute Gasteiger partial charge is 0.259 e. The highest BCUT2D eigenvalue weighted by Gasteiger charge is 2.16. The van der Waals surface area contributed by atoms with Gasteiger partial charge in [0.1, 0.15) is 0 Å². The molecule has 24 heavy (non-hydrogen) atoms. The topological polar surface area (TPSA) is 119 Å². The molecule has 0 atom stereocenters. The van der Waals surface area contributed by atoms with E-state index in [4.69, 9.17) is 5.73 Å². The van der Waals surface area contributed by atoms with Gasteiger partial charge in [-0.2, -0.15) is 5.10 Å². The molecule has 0 saturated heterocycles. The molecule has 1 aromatic carbocycles. The molecule has 2 aromatic rings. The van der Waals surface area contributed by atoms with Crippen molar-refractivity contribution in [3.8, 4) is 0 Å². The molecule has 0 aliphatic rings. The van der Waals surface area contributed by atoms with Crippen LogP contribution in [0.2, 0.25) is 0 Å². The van der Waals surface area contributed by atoms with Gasteiger partial charge in [-0.15, -0.1) is 12.4 Å². The standard InChI is InChI=1S/C14H19N5O3S.ClH/c1-10-13(9-16-19(10)2)14(20)18-11-4-3-5-12(8-11)23(21,22)17-7-6-15;/h3-5,8-9,17H,6-7,15H2,1-2H3,(H,18,20);1H. The number of carbonyl (C=O) groups is 1. The summed E-state index contributed by atoms with van der Waals surface area (Å²) < 4.78 is 28.1. The van der Waals surface area contributed by atoms with Gasteiger partial charge in [0.15, 0.2) is 0 Å². The van der Waals surface area contributed by atoms with Gasteiger partial charge in [-0.3, -0.25) is 9.48 Å². The van der Waals surface area contributed by atoms with E-state index in [2.05, 4.69) is 15.1 Å². The van der Waals surface area contributed by atoms with Gasteiger partial charge >= 0.3 is 0 Å². The fourth-order valence-corrected chi connectivity index (χ4v) is 3.03. The van der Waals surface area contributed by atoms with Crippen molar-refractivity contribution in [1.82, 2.24) is 14.5 Å². The first-order valence-electron chi connectivity index (χ1n) is 6.95.